The van der Waals surface area contributed by atoms with Crippen LogP contribution in [0.25, 0.3) is 6.08 Å². The highest BCUT2D eigenvalue weighted by Crippen LogP contribution is 2.16. The number of carbonyl (C=O) groups excluding carboxylic acids is 3. The van der Waals surface area contributed by atoms with E-state index in [1.54, 1.807) is 67.6 Å². The van der Waals surface area contributed by atoms with E-state index >= 15 is 0 Å². The second-order valence-corrected chi connectivity index (χ2v) is 8.01. The van der Waals surface area contributed by atoms with Crippen molar-refractivity contribution in [2.45, 2.75) is 20.8 Å². The number of rotatable bonds is 10. The third kappa shape index (κ3) is 7.60. The highest BCUT2D eigenvalue weighted by atomic mass is 16.5. The molecule has 0 aliphatic rings. The van der Waals surface area contributed by atoms with Crippen LogP contribution in [-0.2, 0) is 9.53 Å². The molecule has 0 aliphatic heterocycles. The summed E-state index contributed by atoms with van der Waals surface area (Å²) in [7, 11) is 0. The Morgan fingerprint density at radius 2 is 1.66 bits per heavy atom. The number of esters is 1. The van der Waals surface area contributed by atoms with Gasteiger partial charge in [0.1, 0.15) is 17.2 Å². The molecular formula is C27H28N2O6. The van der Waals surface area contributed by atoms with Crippen molar-refractivity contribution < 1.29 is 28.3 Å². The lowest BCUT2D eigenvalue weighted by atomic mass is 10.2. The normalized spacial score (nSPS) is 11.1. The molecule has 182 valence electrons. The number of ether oxygens (including phenoxy) is 2. The molecule has 2 amide bonds. The summed E-state index contributed by atoms with van der Waals surface area (Å²) in [5, 5.41) is 5.35. The molecule has 8 heteroatoms. The van der Waals surface area contributed by atoms with Crippen LogP contribution in [-0.4, -0.2) is 31.0 Å². The summed E-state index contributed by atoms with van der Waals surface area (Å²) in [4.78, 5) is 37.6. The first kappa shape index (κ1) is 25.3. The Morgan fingerprint density at radius 3 is 2.26 bits per heavy atom. The van der Waals surface area contributed by atoms with Gasteiger partial charge in [0.2, 0.25) is 0 Å². The standard InChI is InChI=1S/C27H28N2O6/c1-4-33-27(32)20-7-11-21(12-8-20)28-26(31)24(16-23-6-5-15-34-23)29-25(30)19-9-13-22(14-10-19)35-17-18(2)3/h5-16,18H,4,17H2,1-3H3,(H,28,31)(H,29,30). The van der Waals surface area contributed by atoms with Gasteiger partial charge in [-0.2, -0.15) is 0 Å². The van der Waals surface area contributed by atoms with Crippen LogP contribution in [0.2, 0.25) is 0 Å². The van der Waals surface area contributed by atoms with Crippen LogP contribution in [0.4, 0.5) is 5.69 Å². The number of anilines is 1. The minimum Gasteiger partial charge on any atom is -0.493 e. The van der Waals surface area contributed by atoms with E-state index in [4.69, 9.17) is 13.9 Å². The summed E-state index contributed by atoms with van der Waals surface area (Å²) in [5.74, 6) is -0.0403. The van der Waals surface area contributed by atoms with Crippen molar-refractivity contribution in [1.82, 2.24) is 5.32 Å². The van der Waals surface area contributed by atoms with E-state index < -0.39 is 17.8 Å². The Morgan fingerprint density at radius 1 is 0.971 bits per heavy atom. The fraction of sp³-hybridized carbons (Fsp3) is 0.222. The zero-order valence-electron chi connectivity index (χ0n) is 19.9. The van der Waals surface area contributed by atoms with E-state index in [1.165, 1.54) is 12.3 Å². The molecule has 2 N–H and O–H groups in total. The maximum absolute atomic E-state index is 13.0. The highest BCUT2D eigenvalue weighted by molar-refractivity contribution is 6.10. The molecular weight excluding hydrogens is 448 g/mol. The molecule has 0 spiro atoms. The van der Waals surface area contributed by atoms with Crippen molar-refractivity contribution in [2.24, 2.45) is 5.92 Å². The zero-order chi connectivity index (χ0) is 25.2. The Kier molecular flexibility index (Phi) is 8.83. The van der Waals surface area contributed by atoms with Crippen molar-refractivity contribution in [3.63, 3.8) is 0 Å². The Hall–Kier alpha value is -4.33. The summed E-state index contributed by atoms with van der Waals surface area (Å²) in [6, 6.07) is 16.2. The Balaban J connectivity index is 1.73. The number of hydrogen-bond donors (Lipinski definition) is 2. The molecule has 0 unspecified atom stereocenters. The topological polar surface area (TPSA) is 107 Å². The minimum atomic E-state index is -0.560. The van der Waals surface area contributed by atoms with Gasteiger partial charge in [-0.3, -0.25) is 9.59 Å². The fourth-order valence-corrected chi connectivity index (χ4v) is 2.94. The van der Waals surface area contributed by atoms with E-state index in [9.17, 15) is 14.4 Å². The molecule has 8 nitrogen and oxygen atoms in total. The van der Waals surface area contributed by atoms with Gasteiger partial charge < -0.3 is 24.5 Å². The van der Waals surface area contributed by atoms with E-state index in [1.807, 2.05) is 0 Å². The lowest BCUT2D eigenvalue weighted by Gasteiger charge is -2.12. The van der Waals surface area contributed by atoms with Gasteiger partial charge in [0, 0.05) is 17.3 Å². The SMILES string of the molecule is CCOC(=O)c1ccc(NC(=O)C(=Cc2ccco2)NC(=O)c2ccc(OCC(C)C)cc2)cc1. The zero-order valence-corrected chi connectivity index (χ0v) is 19.9. The first-order valence-corrected chi connectivity index (χ1v) is 11.2. The van der Waals surface area contributed by atoms with Gasteiger partial charge in [0.15, 0.2) is 0 Å². The third-order valence-electron chi connectivity index (χ3n) is 4.68. The molecule has 1 aromatic heterocycles. The van der Waals surface area contributed by atoms with Crippen LogP contribution in [0.1, 0.15) is 47.2 Å². The summed E-state index contributed by atoms with van der Waals surface area (Å²) < 4.78 is 15.9. The fourth-order valence-electron chi connectivity index (χ4n) is 2.94. The lowest BCUT2D eigenvalue weighted by molar-refractivity contribution is -0.113. The van der Waals surface area contributed by atoms with E-state index in [-0.39, 0.29) is 12.3 Å². The number of benzene rings is 2. The number of amides is 2. The largest absolute Gasteiger partial charge is 0.493 e. The summed E-state index contributed by atoms with van der Waals surface area (Å²) >= 11 is 0. The number of carbonyl (C=O) groups is 3. The lowest BCUT2D eigenvalue weighted by Crippen LogP contribution is -2.30. The quantitative estimate of drug-likeness (QED) is 0.318. The predicted octanol–water partition coefficient (Wildman–Crippen LogP) is 4.90. The van der Waals surface area contributed by atoms with Gasteiger partial charge in [0.25, 0.3) is 11.8 Å². The molecule has 0 radical (unpaired) electrons. The molecule has 0 atom stereocenters. The van der Waals surface area contributed by atoms with Gasteiger partial charge in [-0.05, 0) is 73.5 Å². The van der Waals surface area contributed by atoms with Crippen molar-refractivity contribution in [2.75, 3.05) is 18.5 Å². The number of hydrogen-bond acceptors (Lipinski definition) is 6. The maximum atomic E-state index is 13.0. The smallest absolute Gasteiger partial charge is 0.338 e. The molecule has 0 fully saturated rings. The van der Waals surface area contributed by atoms with Crippen molar-refractivity contribution >= 4 is 29.5 Å². The molecule has 3 rings (SSSR count). The van der Waals surface area contributed by atoms with Gasteiger partial charge >= 0.3 is 5.97 Å². The second kappa shape index (κ2) is 12.2. The average molecular weight is 477 g/mol. The third-order valence-corrected chi connectivity index (χ3v) is 4.68. The predicted molar refractivity (Wildman–Crippen MR) is 132 cm³/mol. The highest BCUT2D eigenvalue weighted by Gasteiger charge is 2.16. The second-order valence-electron chi connectivity index (χ2n) is 8.01. The monoisotopic (exact) mass is 476 g/mol. The Bertz CT molecular complexity index is 1160. The van der Waals surface area contributed by atoms with Crippen molar-refractivity contribution in [3.05, 3.63) is 89.5 Å². The first-order valence-electron chi connectivity index (χ1n) is 11.2. The number of furan rings is 1. The van der Waals surface area contributed by atoms with Crippen LogP contribution >= 0.6 is 0 Å². The summed E-state index contributed by atoms with van der Waals surface area (Å²) in [6.07, 6.45) is 2.90. The summed E-state index contributed by atoms with van der Waals surface area (Å²) in [6.45, 7) is 6.67. The average Bonchev–Trinajstić information content (AvgIpc) is 3.36. The molecule has 2 aromatic carbocycles. The van der Waals surface area contributed by atoms with Crippen molar-refractivity contribution in [1.29, 1.82) is 0 Å². The van der Waals surface area contributed by atoms with Crippen molar-refractivity contribution in [3.8, 4) is 5.75 Å². The molecule has 0 aliphatic carbocycles. The van der Waals surface area contributed by atoms with Crippen LogP contribution < -0.4 is 15.4 Å². The van der Waals surface area contributed by atoms with Crippen LogP contribution in [0.3, 0.4) is 0 Å². The van der Waals surface area contributed by atoms with Crippen LogP contribution in [0.15, 0.2) is 77.0 Å². The van der Waals surface area contributed by atoms with E-state index in [2.05, 4.69) is 24.5 Å². The molecule has 0 bridgehead atoms. The Labute approximate surface area is 203 Å². The molecule has 0 saturated carbocycles. The minimum absolute atomic E-state index is 0.0143. The van der Waals surface area contributed by atoms with Gasteiger partial charge in [-0.25, -0.2) is 4.79 Å². The first-order chi connectivity index (χ1) is 16.9. The summed E-state index contributed by atoms with van der Waals surface area (Å²) in [5.41, 5.74) is 1.15. The number of nitrogens with one attached hydrogen (secondary N) is 2. The van der Waals surface area contributed by atoms with Gasteiger partial charge in [0.05, 0.1) is 25.0 Å². The van der Waals surface area contributed by atoms with E-state index in [0.717, 1.165) is 0 Å². The van der Waals surface area contributed by atoms with Gasteiger partial charge in [-0.15, -0.1) is 0 Å². The maximum Gasteiger partial charge on any atom is 0.338 e. The molecule has 1 heterocycles. The molecule has 3 aromatic rings. The van der Waals surface area contributed by atoms with E-state index in [0.29, 0.717) is 40.8 Å². The van der Waals surface area contributed by atoms with Crippen LogP contribution in [0.5, 0.6) is 5.75 Å². The molecule has 0 saturated heterocycles. The molecule has 35 heavy (non-hydrogen) atoms. The van der Waals surface area contributed by atoms with Crippen LogP contribution in [0, 0.1) is 5.92 Å². The van der Waals surface area contributed by atoms with Gasteiger partial charge in [-0.1, -0.05) is 13.8 Å².